The number of carbonyl (C=O) groups is 1. The van der Waals surface area contributed by atoms with E-state index in [9.17, 15) is 4.79 Å². The summed E-state index contributed by atoms with van der Waals surface area (Å²) in [6, 6.07) is 12.9. The minimum atomic E-state index is -0.208. The molecule has 0 radical (unpaired) electrons. The van der Waals surface area contributed by atoms with Gasteiger partial charge in [0, 0.05) is 24.4 Å². The second-order valence-corrected chi connectivity index (χ2v) is 8.84. The quantitative estimate of drug-likeness (QED) is 0.306. The number of nitrogens with one attached hydrogen (secondary N) is 3. The molecular formula is C26H26ClN5O3. The van der Waals surface area contributed by atoms with Crippen molar-refractivity contribution in [2.75, 3.05) is 19.5 Å². The number of amides is 1. The van der Waals surface area contributed by atoms with E-state index in [0.717, 1.165) is 47.9 Å². The first kappa shape index (κ1) is 23.0. The zero-order chi connectivity index (χ0) is 24.4. The van der Waals surface area contributed by atoms with Gasteiger partial charge in [0.1, 0.15) is 17.5 Å². The highest BCUT2D eigenvalue weighted by Gasteiger charge is 2.22. The molecule has 1 saturated carbocycles. The normalized spacial score (nSPS) is 13.7. The highest BCUT2D eigenvalue weighted by molar-refractivity contribution is 6.33. The van der Waals surface area contributed by atoms with Crippen molar-refractivity contribution >= 4 is 40.2 Å². The van der Waals surface area contributed by atoms with Crippen molar-refractivity contribution in [1.82, 2.24) is 20.3 Å². The maximum atomic E-state index is 11.9. The smallest absolute Gasteiger partial charge is 0.251 e. The summed E-state index contributed by atoms with van der Waals surface area (Å²) in [4.78, 5) is 24.6. The van der Waals surface area contributed by atoms with E-state index in [0.29, 0.717) is 33.7 Å². The number of carbonyl (C=O) groups excluding carboxylic acids is 1. The molecule has 0 bridgehead atoms. The van der Waals surface area contributed by atoms with Crippen LogP contribution in [-0.2, 0) is 0 Å². The van der Waals surface area contributed by atoms with Crippen molar-refractivity contribution in [1.29, 1.82) is 0 Å². The number of aromatic nitrogens is 3. The van der Waals surface area contributed by atoms with Gasteiger partial charge in [0.2, 0.25) is 11.8 Å². The summed E-state index contributed by atoms with van der Waals surface area (Å²) >= 11 is 6.44. The van der Waals surface area contributed by atoms with Gasteiger partial charge in [-0.25, -0.2) is 0 Å². The average molecular weight is 492 g/mol. The summed E-state index contributed by atoms with van der Waals surface area (Å²) in [5.41, 5.74) is 3.61. The predicted octanol–water partition coefficient (Wildman–Crippen LogP) is 5.71. The SMILES string of the molecule is CNC(=O)c1ccc(Nc2nc(OC3CCCC3)c3c(-c4cccc(OC)c4)c[nH]c3n2)c(Cl)c1. The molecule has 2 aromatic carbocycles. The molecule has 1 aliphatic rings. The Morgan fingerprint density at radius 2 is 1.97 bits per heavy atom. The summed E-state index contributed by atoms with van der Waals surface area (Å²) in [5.74, 6) is 1.42. The van der Waals surface area contributed by atoms with Crippen LogP contribution < -0.4 is 20.1 Å². The molecular weight excluding hydrogens is 466 g/mol. The fourth-order valence-electron chi connectivity index (χ4n) is 4.35. The molecule has 1 fully saturated rings. The number of anilines is 2. The summed E-state index contributed by atoms with van der Waals surface area (Å²) in [6.07, 6.45) is 6.31. The number of fused-ring (bicyclic) bond motifs is 1. The van der Waals surface area contributed by atoms with Crippen LogP contribution in [0.4, 0.5) is 11.6 Å². The Kier molecular flexibility index (Phi) is 6.46. The molecule has 0 aliphatic heterocycles. The highest BCUT2D eigenvalue weighted by atomic mass is 35.5. The van der Waals surface area contributed by atoms with Gasteiger partial charge in [0.25, 0.3) is 5.91 Å². The summed E-state index contributed by atoms with van der Waals surface area (Å²) in [7, 11) is 3.23. The maximum absolute atomic E-state index is 11.9. The summed E-state index contributed by atoms with van der Waals surface area (Å²) in [6.45, 7) is 0. The Morgan fingerprint density at radius 1 is 1.14 bits per heavy atom. The molecule has 0 saturated heterocycles. The number of nitrogens with zero attached hydrogens (tertiary/aromatic N) is 2. The molecule has 0 atom stereocenters. The van der Waals surface area contributed by atoms with Gasteiger partial charge in [0.15, 0.2) is 0 Å². The van der Waals surface area contributed by atoms with Crippen LogP contribution in [0.1, 0.15) is 36.0 Å². The third-order valence-electron chi connectivity index (χ3n) is 6.16. The van der Waals surface area contributed by atoms with Crippen molar-refractivity contribution in [3.05, 3.63) is 59.2 Å². The second kappa shape index (κ2) is 9.84. The van der Waals surface area contributed by atoms with Crippen molar-refractivity contribution in [2.45, 2.75) is 31.8 Å². The van der Waals surface area contributed by atoms with Crippen molar-refractivity contribution in [2.24, 2.45) is 0 Å². The summed E-state index contributed by atoms with van der Waals surface area (Å²) in [5, 5.41) is 6.97. The molecule has 180 valence electrons. The van der Waals surface area contributed by atoms with E-state index in [4.69, 9.17) is 26.1 Å². The number of hydrogen-bond acceptors (Lipinski definition) is 6. The van der Waals surface area contributed by atoms with Crippen LogP contribution in [-0.4, -0.2) is 41.1 Å². The van der Waals surface area contributed by atoms with Crippen LogP contribution in [0.2, 0.25) is 5.02 Å². The number of H-pyrrole nitrogens is 1. The van der Waals surface area contributed by atoms with E-state index < -0.39 is 0 Å². The lowest BCUT2D eigenvalue weighted by Gasteiger charge is -2.15. The van der Waals surface area contributed by atoms with E-state index in [2.05, 4.69) is 20.6 Å². The lowest BCUT2D eigenvalue weighted by atomic mass is 10.1. The molecule has 8 nitrogen and oxygen atoms in total. The van der Waals surface area contributed by atoms with Crippen LogP contribution in [0, 0.1) is 0 Å². The lowest BCUT2D eigenvalue weighted by molar-refractivity contribution is 0.0963. The van der Waals surface area contributed by atoms with Crippen LogP contribution >= 0.6 is 11.6 Å². The molecule has 2 heterocycles. The van der Waals surface area contributed by atoms with E-state index >= 15 is 0 Å². The number of rotatable bonds is 7. The Balaban J connectivity index is 1.55. The minimum Gasteiger partial charge on any atom is -0.497 e. The number of halogens is 1. The van der Waals surface area contributed by atoms with E-state index in [1.165, 1.54) is 0 Å². The monoisotopic (exact) mass is 491 g/mol. The van der Waals surface area contributed by atoms with E-state index in [-0.39, 0.29) is 12.0 Å². The predicted molar refractivity (Wildman–Crippen MR) is 137 cm³/mol. The average Bonchev–Trinajstić information content (AvgIpc) is 3.55. The molecule has 4 aromatic rings. The zero-order valence-corrected chi connectivity index (χ0v) is 20.3. The fraction of sp³-hybridized carbons (Fsp3) is 0.269. The van der Waals surface area contributed by atoms with Crippen molar-refractivity contribution in [3.63, 3.8) is 0 Å². The Morgan fingerprint density at radius 3 is 2.71 bits per heavy atom. The van der Waals surface area contributed by atoms with Gasteiger partial charge < -0.3 is 25.1 Å². The first-order valence-electron chi connectivity index (χ1n) is 11.5. The molecule has 35 heavy (non-hydrogen) atoms. The number of aromatic amines is 1. The summed E-state index contributed by atoms with van der Waals surface area (Å²) < 4.78 is 11.8. The van der Waals surface area contributed by atoms with Gasteiger partial charge in [0.05, 0.1) is 23.2 Å². The maximum Gasteiger partial charge on any atom is 0.251 e. The minimum absolute atomic E-state index is 0.115. The zero-order valence-electron chi connectivity index (χ0n) is 19.5. The molecule has 3 N–H and O–H groups in total. The van der Waals surface area contributed by atoms with Crippen LogP contribution in [0.5, 0.6) is 11.6 Å². The molecule has 2 aromatic heterocycles. The number of hydrogen-bond donors (Lipinski definition) is 3. The van der Waals surface area contributed by atoms with Crippen LogP contribution in [0.25, 0.3) is 22.2 Å². The topological polar surface area (TPSA) is 101 Å². The van der Waals surface area contributed by atoms with Crippen molar-refractivity contribution in [3.8, 4) is 22.8 Å². The van der Waals surface area contributed by atoms with Gasteiger partial charge >= 0.3 is 0 Å². The van der Waals surface area contributed by atoms with Crippen LogP contribution in [0.3, 0.4) is 0 Å². The lowest BCUT2D eigenvalue weighted by Crippen LogP contribution is -2.17. The molecule has 1 aliphatic carbocycles. The molecule has 0 spiro atoms. The third kappa shape index (κ3) is 4.74. The second-order valence-electron chi connectivity index (χ2n) is 8.43. The number of benzene rings is 2. The van der Waals surface area contributed by atoms with Gasteiger partial charge in [-0.3, -0.25) is 4.79 Å². The number of methoxy groups -OCH3 is 1. The molecule has 1 amide bonds. The Bertz CT molecular complexity index is 1380. The van der Waals surface area contributed by atoms with Gasteiger partial charge in [-0.15, -0.1) is 0 Å². The first-order chi connectivity index (χ1) is 17.1. The number of ether oxygens (including phenoxy) is 2. The van der Waals surface area contributed by atoms with Crippen LogP contribution in [0.15, 0.2) is 48.7 Å². The van der Waals surface area contributed by atoms with E-state index in [1.807, 2.05) is 30.5 Å². The van der Waals surface area contributed by atoms with Gasteiger partial charge in [-0.1, -0.05) is 23.7 Å². The molecule has 5 rings (SSSR count). The van der Waals surface area contributed by atoms with Crippen molar-refractivity contribution < 1.29 is 14.3 Å². The Hall–Kier alpha value is -3.78. The first-order valence-corrected chi connectivity index (χ1v) is 11.9. The third-order valence-corrected chi connectivity index (χ3v) is 6.48. The largest absolute Gasteiger partial charge is 0.497 e. The fourth-order valence-corrected chi connectivity index (χ4v) is 4.57. The standard InChI is InChI=1S/C26H26ClN5O3/c1-28-24(33)16-10-11-21(20(27)13-16)30-26-31-23-22(25(32-26)35-17-7-3-4-8-17)19(14-29-23)15-6-5-9-18(12-15)34-2/h5-6,9-14,17H,3-4,7-8H2,1-2H3,(H,28,33)(H2,29,30,31,32). The Labute approximate surface area is 208 Å². The van der Waals surface area contributed by atoms with E-state index in [1.54, 1.807) is 32.4 Å². The van der Waals surface area contributed by atoms with Gasteiger partial charge in [-0.2, -0.15) is 9.97 Å². The highest BCUT2D eigenvalue weighted by Crippen LogP contribution is 2.38. The molecule has 0 unspecified atom stereocenters. The molecule has 9 heteroatoms. The van der Waals surface area contributed by atoms with Gasteiger partial charge in [-0.05, 0) is 61.6 Å².